The van der Waals surface area contributed by atoms with E-state index in [1.807, 2.05) is 12.1 Å². The Labute approximate surface area is 126 Å². The van der Waals surface area contributed by atoms with Crippen molar-refractivity contribution >= 4 is 11.0 Å². The van der Waals surface area contributed by atoms with Crippen molar-refractivity contribution in [3.05, 3.63) is 30.0 Å². The van der Waals surface area contributed by atoms with Crippen LogP contribution in [0, 0.1) is 5.92 Å². The number of fused-ring (bicyclic) bond motifs is 1. The molecule has 0 radical (unpaired) electrons. The van der Waals surface area contributed by atoms with Gasteiger partial charge in [-0.15, -0.1) is 0 Å². The van der Waals surface area contributed by atoms with Crippen LogP contribution in [0.5, 0.6) is 5.75 Å². The molecule has 1 aromatic heterocycles. The number of hydrogen-bond acceptors (Lipinski definition) is 3. The van der Waals surface area contributed by atoms with Gasteiger partial charge in [-0.1, -0.05) is 31.4 Å². The lowest BCUT2D eigenvalue weighted by molar-refractivity contribution is 0.276. The highest BCUT2D eigenvalue weighted by atomic mass is 16.5. The van der Waals surface area contributed by atoms with E-state index in [2.05, 4.69) is 24.4 Å². The molecule has 2 aromatic rings. The molecule has 114 valence electrons. The van der Waals surface area contributed by atoms with E-state index in [-0.39, 0.29) is 0 Å². The van der Waals surface area contributed by atoms with Gasteiger partial charge in [0.15, 0.2) is 11.3 Å². The summed E-state index contributed by atoms with van der Waals surface area (Å²) in [5, 5.41) is 4.74. The molecule has 0 spiro atoms. The molecule has 1 heterocycles. The van der Waals surface area contributed by atoms with Crippen LogP contribution in [0.15, 0.2) is 28.7 Å². The second-order valence-corrected chi connectivity index (χ2v) is 6.16. The summed E-state index contributed by atoms with van der Waals surface area (Å²) in [6.45, 7) is 3.09. The first kappa shape index (κ1) is 14.5. The first-order chi connectivity index (χ1) is 10.3. The van der Waals surface area contributed by atoms with E-state index in [4.69, 9.17) is 9.15 Å². The lowest BCUT2D eigenvalue weighted by atomic mass is 9.84. The highest BCUT2D eigenvalue weighted by molar-refractivity contribution is 5.83. The second-order valence-electron chi connectivity index (χ2n) is 6.16. The van der Waals surface area contributed by atoms with Crippen LogP contribution >= 0.6 is 0 Å². The molecule has 0 saturated heterocycles. The van der Waals surface area contributed by atoms with Crippen molar-refractivity contribution in [3.63, 3.8) is 0 Å². The van der Waals surface area contributed by atoms with Gasteiger partial charge < -0.3 is 14.5 Å². The fraction of sp³-hybridized carbons (Fsp3) is 0.556. The number of methoxy groups -OCH3 is 1. The van der Waals surface area contributed by atoms with Crippen LogP contribution in [0.4, 0.5) is 0 Å². The molecule has 3 rings (SSSR count). The number of rotatable bonds is 5. The topological polar surface area (TPSA) is 34.4 Å². The summed E-state index contributed by atoms with van der Waals surface area (Å²) >= 11 is 0. The van der Waals surface area contributed by atoms with Crippen LogP contribution in [0.3, 0.4) is 0 Å². The maximum Gasteiger partial charge on any atom is 0.176 e. The van der Waals surface area contributed by atoms with Gasteiger partial charge in [0.2, 0.25) is 0 Å². The molecule has 1 N–H and O–H groups in total. The largest absolute Gasteiger partial charge is 0.493 e. The van der Waals surface area contributed by atoms with Gasteiger partial charge in [-0.05, 0) is 37.8 Å². The molecular formula is C18H25NO2. The standard InChI is InChI=1S/C18H25NO2/c1-13(14-7-4-3-5-8-14)19-12-16-11-15-9-6-10-17(20-2)18(15)21-16/h6,9-11,13-14,19H,3-5,7-8,12H2,1-2H3/t13-/m1/s1. The summed E-state index contributed by atoms with van der Waals surface area (Å²) in [5.41, 5.74) is 0.849. The normalized spacial score (nSPS) is 18.0. The van der Waals surface area contributed by atoms with Gasteiger partial charge in [0.25, 0.3) is 0 Å². The van der Waals surface area contributed by atoms with Gasteiger partial charge >= 0.3 is 0 Å². The number of furan rings is 1. The Balaban J connectivity index is 1.65. The van der Waals surface area contributed by atoms with Gasteiger partial charge in [-0.3, -0.25) is 0 Å². The average molecular weight is 287 g/mol. The van der Waals surface area contributed by atoms with Crippen LogP contribution in [-0.4, -0.2) is 13.2 Å². The molecule has 0 aliphatic heterocycles. The molecule has 1 aliphatic rings. The first-order valence-corrected chi connectivity index (χ1v) is 8.06. The second kappa shape index (κ2) is 6.52. The molecule has 21 heavy (non-hydrogen) atoms. The van der Waals surface area contributed by atoms with Gasteiger partial charge in [0, 0.05) is 11.4 Å². The minimum atomic E-state index is 0.556. The van der Waals surface area contributed by atoms with Gasteiger partial charge in [-0.2, -0.15) is 0 Å². The molecule has 1 aromatic carbocycles. The summed E-state index contributed by atoms with van der Waals surface area (Å²) in [7, 11) is 1.68. The Hall–Kier alpha value is -1.48. The zero-order valence-corrected chi connectivity index (χ0v) is 13.0. The van der Waals surface area contributed by atoms with E-state index < -0.39 is 0 Å². The zero-order valence-electron chi connectivity index (χ0n) is 13.0. The van der Waals surface area contributed by atoms with E-state index in [0.29, 0.717) is 6.04 Å². The molecule has 0 unspecified atom stereocenters. The minimum absolute atomic E-state index is 0.556. The van der Waals surface area contributed by atoms with Crippen molar-refractivity contribution in [1.82, 2.24) is 5.32 Å². The minimum Gasteiger partial charge on any atom is -0.493 e. The third-order valence-corrected chi connectivity index (χ3v) is 4.73. The van der Waals surface area contributed by atoms with E-state index in [9.17, 15) is 0 Å². The maximum atomic E-state index is 5.94. The molecule has 1 aliphatic carbocycles. The zero-order chi connectivity index (χ0) is 14.7. The number of para-hydroxylation sites is 1. The molecule has 1 fully saturated rings. The molecule has 0 amide bonds. The first-order valence-electron chi connectivity index (χ1n) is 8.06. The summed E-state index contributed by atoms with van der Waals surface area (Å²) in [4.78, 5) is 0. The van der Waals surface area contributed by atoms with E-state index in [0.717, 1.165) is 34.9 Å². The molecular weight excluding hydrogens is 262 g/mol. The summed E-state index contributed by atoms with van der Waals surface area (Å²) in [6, 6.07) is 8.67. The molecule has 0 bridgehead atoms. The van der Waals surface area contributed by atoms with Crippen molar-refractivity contribution in [2.75, 3.05) is 7.11 Å². The van der Waals surface area contributed by atoms with Crippen LogP contribution in [0.1, 0.15) is 44.8 Å². The quantitative estimate of drug-likeness (QED) is 0.879. The Morgan fingerprint density at radius 2 is 2.10 bits per heavy atom. The van der Waals surface area contributed by atoms with E-state index >= 15 is 0 Å². The van der Waals surface area contributed by atoms with Crippen molar-refractivity contribution in [3.8, 4) is 5.75 Å². The van der Waals surface area contributed by atoms with Crippen molar-refractivity contribution in [2.45, 2.75) is 51.6 Å². The van der Waals surface area contributed by atoms with Gasteiger partial charge in [0.1, 0.15) is 5.76 Å². The third kappa shape index (κ3) is 3.24. The molecule has 3 nitrogen and oxygen atoms in total. The van der Waals surface area contributed by atoms with Gasteiger partial charge in [-0.25, -0.2) is 0 Å². The van der Waals surface area contributed by atoms with Gasteiger partial charge in [0.05, 0.1) is 13.7 Å². The number of ether oxygens (including phenoxy) is 1. The lowest BCUT2D eigenvalue weighted by Crippen LogP contribution is -2.34. The summed E-state index contributed by atoms with van der Waals surface area (Å²) in [6.07, 6.45) is 6.91. The van der Waals surface area contributed by atoms with Crippen molar-refractivity contribution in [1.29, 1.82) is 0 Å². The third-order valence-electron chi connectivity index (χ3n) is 4.73. The van der Waals surface area contributed by atoms with Crippen LogP contribution < -0.4 is 10.1 Å². The SMILES string of the molecule is COc1cccc2cc(CN[C@H](C)C3CCCCC3)oc12. The Kier molecular flexibility index (Phi) is 4.49. The molecule has 3 heteroatoms. The predicted octanol–water partition coefficient (Wildman–Crippen LogP) is 4.50. The number of nitrogens with one attached hydrogen (secondary N) is 1. The molecule has 1 saturated carbocycles. The fourth-order valence-electron chi connectivity index (χ4n) is 3.40. The van der Waals surface area contributed by atoms with Crippen molar-refractivity contribution < 1.29 is 9.15 Å². The Morgan fingerprint density at radius 1 is 1.29 bits per heavy atom. The predicted molar refractivity (Wildman–Crippen MR) is 85.6 cm³/mol. The van der Waals surface area contributed by atoms with Crippen LogP contribution in [0.2, 0.25) is 0 Å². The smallest absolute Gasteiger partial charge is 0.176 e. The van der Waals surface area contributed by atoms with E-state index in [1.165, 1.54) is 32.1 Å². The highest BCUT2D eigenvalue weighted by Crippen LogP contribution is 2.29. The Bertz CT molecular complexity index is 584. The lowest BCUT2D eigenvalue weighted by Gasteiger charge is -2.28. The number of benzene rings is 1. The average Bonchev–Trinajstić information content (AvgIpc) is 2.96. The maximum absolute atomic E-state index is 5.94. The van der Waals surface area contributed by atoms with Crippen molar-refractivity contribution in [2.24, 2.45) is 5.92 Å². The Morgan fingerprint density at radius 3 is 2.86 bits per heavy atom. The molecule has 1 atom stereocenters. The summed E-state index contributed by atoms with van der Waals surface area (Å²) in [5.74, 6) is 2.61. The highest BCUT2D eigenvalue weighted by Gasteiger charge is 2.20. The fourth-order valence-corrected chi connectivity index (χ4v) is 3.40. The summed E-state index contributed by atoms with van der Waals surface area (Å²) < 4.78 is 11.3. The monoisotopic (exact) mass is 287 g/mol. The van der Waals surface area contributed by atoms with E-state index in [1.54, 1.807) is 7.11 Å². The number of hydrogen-bond donors (Lipinski definition) is 1. The van der Waals surface area contributed by atoms with Crippen LogP contribution in [0.25, 0.3) is 11.0 Å². The van der Waals surface area contributed by atoms with Crippen LogP contribution in [-0.2, 0) is 6.54 Å².